The number of amides is 1. The summed E-state index contributed by atoms with van der Waals surface area (Å²) in [4.78, 5) is 15.6. The topological polar surface area (TPSA) is 89.3 Å². The van der Waals surface area contributed by atoms with Crippen molar-refractivity contribution in [1.29, 1.82) is 0 Å². The minimum Gasteiger partial charge on any atom is -0.396 e. The van der Waals surface area contributed by atoms with Crippen LogP contribution in [0.25, 0.3) is 10.4 Å². The van der Waals surface area contributed by atoms with Crippen molar-refractivity contribution in [2.75, 3.05) is 26.2 Å². The van der Waals surface area contributed by atoms with Crippen molar-refractivity contribution in [1.82, 2.24) is 4.90 Å². The molecule has 0 aliphatic carbocycles. The summed E-state index contributed by atoms with van der Waals surface area (Å²) in [5.74, 6) is 0.0275. The fourth-order valence-electron chi connectivity index (χ4n) is 1.63. The predicted molar refractivity (Wildman–Crippen MR) is 50.4 cm³/mol. The summed E-state index contributed by atoms with van der Waals surface area (Å²) < 4.78 is 0. The van der Waals surface area contributed by atoms with Gasteiger partial charge >= 0.3 is 0 Å². The van der Waals surface area contributed by atoms with Crippen molar-refractivity contribution < 1.29 is 9.90 Å². The van der Waals surface area contributed by atoms with Crippen molar-refractivity contribution in [3.63, 3.8) is 0 Å². The van der Waals surface area contributed by atoms with Crippen LogP contribution in [0.3, 0.4) is 0 Å². The minimum atomic E-state index is -0.152. The first kappa shape index (κ1) is 10.8. The summed E-state index contributed by atoms with van der Waals surface area (Å²) in [6.45, 7) is 1.28. The van der Waals surface area contributed by atoms with Gasteiger partial charge in [-0.2, -0.15) is 0 Å². The zero-order valence-corrected chi connectivity index (χ0v) is 7.96. The number of aliphatic hydroxyl groups is 1. The van der Waals surface area contributed by atoms with Gasteiger partial charge in [0.05, 0.1) is 0 Å². The second-order valence-corrected chi connectivity index (χ2v) is 3.42. The van der Waals surface area contributed by atoms with Gasteiger partial charge in [0.25, 0.3) is 0 Å². The summed E-state index contributed by atoms with van der Waals surface area (Å²) in [7, 11) is 0. The van der Waals surface area contributed by atoms with E-state index in [0.717, 1.165) is 12.8 Å². The summed E-state index contributed by atoms with van der Waals surface area (Å²) in [6, 6.07) is 0. The SMILES string of the molecule is [N-]=[N+]=NCC(=O)N1CCC[C@@H](CO)C1. The number of piperidine rings is 1. The average Bonchev–Trinajstić information content (AvgIpc) is 2.26. The summed E-state index contributed by atoms with van der Waals surface area (Å²) in [5.41, 5.74) is 8.06. The third-order valence-corrected chi connectivity index (χ3v) is 2.40. The summed E-state index contributed by atoms with van der Waals surface area (Å²) in [6.07, 6.45) is 1.87. The lowest BCUT2D eigenvalue weighted by atomic mass is 9.99. The fraction of sp³-hybridized carbons (Fsp3) is 0.875. The molecule has 1 amide bonds. The third kappa shape index (κ3) is 2.90. The van der Waals surface area contributed by atoms with Crippen molar-refractivity contribution in [3.8, 4) is 0 Å². The van der Waals surface area contributed by atoms with E-state index >= 15 is 0 Å². The zero-order chi connectivity index (χ0) is 10.4. The van der Waals surface area contributed by atoms with Crippen LogP contribution in [0.5, 0.6) is 0 Å². The minimum absolute atomic E-state index is 0.116. The Balaban J connectivity index is 2.42. The van der Waals surface area contributed by atoms with Crippen LogP contribution < -0.4 is 0 Å². The molecular formula is C8H14N4O2. The van der Waals surface area contributed by atoms with E-state index in [2.05, 4.69) is 10.0 Å². The van der Waals surface area contributed by atoms with Crippen molar-refractivity contribution in [2.45, 2.75) is 12.8 Å². The molecule has 1 fully saturated rings. The number of azide groups is 1. The molecule has 0 aromatic rings. The highest BCUT2D eigenvalue weighted by molar-refractivity contribution is 5.78. The quantitative estimate of drug-likeness (QED) is 0.407. The van der Waals surface area contributed by atoms with Crippen LogP contribution >= 0.6 is 0 Å². The molecular weight excluding hydrogens is 184 g/mol. The van der Waals surface area contributed by atoms with Gasteiger partial charge in [-0.25, -0.2) is 0 Å². The Kier molecular flexibility index (Phi) is 4.22. The molecule has 0 spiro atoms. The molecule has 78 valence electrons. The number of hydrogen-bond acceptors (Lipinski definition) is 3. The molecule has 6 heteroatoms. The molecule has 1 atom stereocenters. The maximum Gasteiger partial charge on any atom is 0.228 e. The first-order valence-electron chi connectivity index (χ1n) is 4.67. The second-order valence-electron chi connectivity index (χ2n) is 3.42. The Hall–Kier alpha value is -1.26. The molecule has 1 heterocycles. The van der Waals surface area contributed by atoms with Gasteiger partial charge in [-0.3, -0.25) is 4.79 Å². The highest BCUT2D eigenvalue weighted by atomic mass is 16.3. The lowest BCUT2D eigenvalue weighted by Crippen LogP contribution is -2.41. The average molecular weight is 198 g/mol. The highest BCUT2D eigenvalue weighted by Crippen LogP contribution is 2.15. The third-order valence-electron chi connectivity index (χ3n) is 2.40. The Morgan fingerprint density at radius 1 is 1.71 bits per heavy atom. The van der Waals surface area contributed by atoms with Crippen LogP contribution in [0.4, 0.5) is 0 Å². The number of aliphatic hydroxyl groups excluding tert-OH is 1. The van der Waals surface area contributed by atoms with Crippen molar-refractivity contribution in [3.05, 3.63) is 10.4 Å². The van der Waals surface area contributed by atoms with Gasteiger partial charge in [0, 0.05) is 24.6 Å². The van der Waals surface area contributed by atoms with Gasteiger partial charge in [0.2, 0.25) is 5.91 Å². The Bertz CT molecular complexity index is 250. The number of likely N-dealkylation sites (tertiary alicyclic amines) is 1. The molecule has 1 saturated heterocycles. The molecule has 1 N–H and O–H groups in total. The molecule has 0 aromatic heterocycles. The molecule has 0 unspecified atom stereocenters. The number of hydrogen-bond donors (Lipinski definition) is 1. The van der Waals surface area contributed by atoms with Gasteiger partial charge in [-0.15, -0.1) is 0 Å². The van der Waals surface area contributed by atoms with Gasteiger partial charge < -0.3 is 10.0 Å². The van der Waals surface area contributed by atoms with E-state index < -0.39 is 0 Å². The molecule has 6 nitrogen and oxygen atoms in total. The lowest BCUT2D eigenvalue weighted by Gasteiger charge is -2.31. The Morgan fingerprint density at radius 2 is 2.50 bits per heavy atom. The van der Waals surface area contributed by atoms with Crippen molar-refractivity contribution in [2.24, 2.45) is 11.0 Å². The molecule has 0 radical (unpaired) electrons. The van der Waals surface area contributed by atoms with Crippen molar-refractivity contribution >= 4 is 5.91 Å². The van der Waals surface area contributed by atoms with E-state index in [1.807, 2.05) is 0 Å². The molecule has 1 aliphatic rings. The molecule has 1 rings (SSSR count). The number of nitrogens with zero attached hydrogens (tertiary/aromatic N) is 4. The van der Waals surface area contributed by atoms with Crippen LogP contribution in [-0.2, 0) is 4.79 Å². The maximum atomic E-state index is 11.4. The van der Waals surface area contributed by atoms with Crippen LogP contribution in [0.2, 0.25) is 0 Å². The van der Waals surface area contributed by atoms with Crippen LogP contribution in [-0.4, -0.2) is 42.2 Å². The first-order valence-corrected chi connectivity index (χ1v) is 4.67. The number of carbonyl (C=O) groups excluding carboxylic acids is 1. The maximum absolute atomic E-state index is 11.4. The van der Waals surface area contributed by atoms with E-state index in [9.17, 15) is 4.79 Å². The van der Waals surface area contributed by atoms with E-state index in [1.165, 1.54) is 0 Å². The monoisotopic (exact) mass is 198 g/mol. The molecule has 0 aromatic carbocycles. The summed E-state index contributed by atoms with van der Waals surface area (Å²) >= 11 is 0. The van der Waals surface area contributed by atoms with Gasteiger partial charge in [-0.1, -0.05) is 5.11 Å². The largest absolute Gasteiger partial charge is 0.396 e. The van der Waals surface area contributed by atoms with E-state index in [-0.39, 0.29) is 25.0 Å². The Morgan fingerprint density at radius 3 is 3.14 bits per heavy atom. The second kappa shape index (κ2) is 5.47. The van der Waals surface area contributed by atoms with Crippen LogP contribution in [0.1, 0.15) is 12.8 Å². The number of carbonyl (C=O) groups is 1. The molecule has 0 saturated carbocycles. The van der Waals surface area contributed by atoms with E-state index in [4.69, 9.17) is 10.6 Å². The van der Waals surface area contributed by atoms with Gasteiger partial charge in [-0.05, 0) is 24.3 Å². The lowest BCUT2D eigenvalue weighted by molar-refractivity contribution is -0.131. The normalized spacial score (nSPS) is 21.5. The van der Waals surface area contributed by atoms with Gasteiger partial charge in [0.15, 0.2) is 0 Å². The summed E-state index contributed by atoms with van der Waals surface area (Å²) in [5, 5.41) is 12.2. The van der Waals surface area contributed by atoms with E-state index in [1.54, 1.807) is 4.90 Å². The van der Waals surface area contributed by atoms with Crippen LogP contribution in [0, 0.1) is 5.92 Å². The first-order chi connectivity index (χ1) is 6.77. The molecule has 0 bridgehead atoms. The highest BCUT2D eigenvalue weighted by Gasteiger charge is 2.22. The molecule has 14 heavy (non-hydrogen) atoms. The predicted octanol–water partition coefficient (Wildman–Crippen LogP) is 0.528. The molecule has 1 aliphatic heterocycles. The number of rotatable bonds is 3. The Labute approximate surface area is 82.1 Å². The standard InChI is InChI=1S/C8H14N4O2/c9-11-10-4-8(14)12-3-1-2-7(5-12)6-13/h7,13H,1-6H2/t7-/m1/s1. The van der Waals surface area contributed by atoms with Crippen LogP contribution in [0.15, 0.2) is 5.11 Å². The van der Waals surface area contributed by atoms with E-state index in [0.29, 0.717) is 13.1 Å². The zero-order valence-electron chi connectivity index (χ0n) is 7.96. The smallest absolute Gasteiger partial charge is 0.228 e. The fourth-order valence-corrected chi connectivity index (χ4v) is 1.63. The van der Waals surface area contributed by atoms with Gasteiger partial charge in [0.1, 0.15) is 6.54 Å².